The SMILES string of the molecule is CCCCCC[C@H]1CC[C@H](CCCCCCCC(=O)OC[C@@H](CC)CCCC)C[C@H]1C(=O)OC[C@@H](CC)CCCC. The number of hydrogen-bond donors (Lipinski definition) is 0. The van der Waals surface area contributed by atoms with Crippen LogP contribution in [0.2, 0.25) is 0 Å². The maximum atomic E-state index is 13.3. The van der Waals surface area contributed by atoms with E-state index < -0.39 is 0 Å². The zero-order valence-electron chi connectivity index (χ0n) is 28.2. The van der Waals surface area contributed by atoms with Gasteiger partial charge in [0, 0.05) is 6.42 Å². The van der Waals surface area contributed by atoms with Gasteiger partial charge in [0.15, 0.2) is 0 Å². The first-order valence-electron chi connectivity index (χ1n) is 18.3. The van der Waals surface area contributed by atoms with Crippen molar-refractivity contribution >= 4 is 11.9 Å². The van der Waals surface area contributed by atoms with Gasteiger partial charge in [-0.05, 0) is 62.2 Å². The Morgan fingerprint density at radius 1 is 0.634 bits per heavy atom. The van der Waals surface area contributed by atoms with Crippen LogP contribution < -0.4 is 0 Å². The van der Waals surface area contributed by atoms with Gasteiger partial charge in [0.25, 0.3) is 0 Å². The monoisotopic (exact) mass is 579 g/mol. The second kappa shape index (κ2) is 25.4. The average Bonchev–Trinajstić information content (AvgIpc) is 2.99. The van der Waals surface area contributed by atoms with E-state index in [1.165, 1.54) is 109 Å². The lowest BCUT2D eigenvalue weighted by molar-refractivity contribution is -0.154. The molecule has 1 aliphatic carbocycles. The molecule has 1 aliphatic rings. The Bertz CT molecular complexity index is 632. The van der Waals surface area contributed by atoms with Crippen molar-refractivity contribution in [3.63, 3.8) is 0 Å². The van der Waals surface area contributed by atoms with E-state index in [0.29, 0.717) is 43.3 Å². The molecule has 4 heteroatoms. The maximum Gasteiger partial charge on any atom is 0.309 e. The van der Waals surface area contributed by atoms with E-state index in [1.807, 2.05) is 0 Å². The van der Waals surface area contributed by atoms with Gasteiger partial charge in [-0.3, -0.25) is 9.59 Å². The first-order chi connectivity index (χ1) is 20.0. The Balaban J connectivity index is 2.36. The van der Waals surface area contributed by atoms with Crippen molar-refractivity contribution < 1.29 is 19.1 Å². The van der Waals surface area contributed by atoms with E-state index >= 15 is 0 Å². The molecule has 0 radical (unpaired) electrons. The predicted octanol–water partition coefficient (Wildman–Crippen LogP) is 11.2. The number of carbonyl (C=O) groups excluding carboxylic acids is 2. The standard InChI is InChI=1S/C37H70O4/c1-6-11-14-19-24-34-27-26-33(28-35(34)37(39)41-30-32(10-5)22-13-8-3)23-18-16-15-17-20-25-36(38)40-29-31(9-4)21-12-7-2/h31-35H,6-30H2,1-5H3/t31-,32-,33-,34-,35+/m0/s1. The molecule has 0 unspecified atom stereocenters. The predicted molar refractivity (Wildman–Crippen MR) is 174 cm³/mol. The van der Waals surface area contributed by atoms with E-state index in [2.05, 4.69) is 34.6 Å². The van der Waals surface area contributed by atoms with E-state index in [9.17, 15) is 9.59 Å². The van der Waals surface area contributed by atoms with Gasteiger partial charge < -0.3 is 9.47 Å². The van der Waals surface area contributed by atoms with Gasteiger partial charge >= 0.3 is 11.9 Å². The number of unbranched alkanes of at least 4 members (excludes halogenated alkanes) is 9. The van der Waals surface area contributed by atoms with Crippen molar-refractivity contribution in [1.29, 1.82) is 0 Å². The van der Waals surface area contributed by atoms with Crippen molar-refractivity contribution in [2.24, 2.45) is 29.6 Å². The number of carbonyl (C=O) groups is 2. The van der Waals surface area contributed by atoms with Gasteiger partial charge in [-0.1, -0.05) is 137 Å². The fourth-order valence-electron chi connectivity index (χ4n) is 6.67. The molecule has 242 valence electrons. The lowest BCUT2D eigenvalue weighted by atomic mass is 9.71. The molecule has 0 amide bonds. The summed E-state index contributed by atoms with van der Waals surface area (Å²) in [4.78, 5) is 25.5. The molecule has 4 nitrogen and oxygen atoms in total. The van der Waals surface area contributed by atoms with Crippen molar-refractivity contribution in [3.8, 4) is 0 Å². The molecule has 0 N–H and O–H groups in total. The van der Waals surface area contributed by atoms with Crippen LogP contribution in [-0.2, 0) is 19.1 Å². The summed E-state index contributed by atoms with van der Waals surface area (Å²) in [6.07, 6.45) is 26.7. The first-order valence-corrected chi connectivity index (χ1v) is 18.3. The summed E-state index contributed by atoms with van der Waals surface area (Å²) in [7, 11) is 0. The summed E-state index contributed by atoms with van der Waals surface area (Å²) in [5, 5.41) is 0. The second-order valence-corrected chi connectivity index (χ2v) is 13.3. The molecule has 41 heavy (non-hydrogen) atoms. The van der Waals surface area contributed by atoms with Gasteiger partial charge in [-0.15, -0.1) is 0 Å². The highest BCUT2D eigenvalue weighted by atomic mass is 16.5. The largest absolute Gasteiger partial charge is 0.465 e. The molecule has 0 bridgehead atoms. The first kappa shape index (κ1) is 38.0. The smallest absolute Gasteiger partial charge is 0.309 e. The van der Waals surface area contributed by atoms with Gasteiger partial charge in [0.2, 0.25) is 0 Å². The van der Waals surface area contributed by atoms with Gasteiger partial charge in [-0.25, -0.2) is 0 Å². The van der Waals surface area contributed by atoms with Crippen molar-refractivity contribution in [1.82, 2.24) is 0 Å². The summed E-state index contributed by atoms with van der Waals surface area (Å²) >= 11 is 0. The quantitative estimate of drug-likeness (QED) is 0.0756. The van der Waals surface area contributed by atoms with Crippen molar-refractivity contribution in [2.45, 2.75) is 182 Å². The molecular weight excluding hydrogens is 508 g/mol. The number of hydrogen-bond acceptors (Lipinski definition) is 4. The average molecular weight is 579 g/mol. The molecule has 0 aromatic heterocycles. The fraction of sp³-hybridized carbons (Fsp3) is 0.946. The number of esters is 2. The number of ether oxygens (including phenoxy) is 2. The Labute approximate surface area is 255 Å². The second-order valence-electron chi connectivity index (χ2n) is 13.3. The van der Waals surface area contributed by atoms with Crippen LogP contribution in [-0.4, -0.2) is 25.2 Å². The highest BCUT2D eigenvalue weighted by Gasteiger charge is 2.35. The molecule has 0 aliphatic heterocycles. The molecule has 0 spiro atoms. The van der Waals surface area contributed by atoms with Crippen LogP contribution in [0.25, 0.3) is 0 Å². The summed E-state index contributed by atoms with van der Waals surface area (Å²) in [5.74, 6) is 2.42. The van der Waals surface area contributed by atoms with Crippen LogP contribution in [0.15, 0.2) is 0 Å². The Kier molecular flexibility index (Phi) is 23.6. The lowest BCUT2D eigenvalue weighted by Crippen LogP contribution is -2.33. The van der Waals surface area contributed by atoms with E-state index in [0.717, 1.165) is 32.1 Å². The molecule has 0 aromatic rings. The highest BCUT2D eigenvalue weighted by molar-refractivity contribution is 5.73. The minimum Gasteiger partial charge on any atom is -0.465 e. The normalized spacial score (nSPS) is 20.5. The van der Waals surface area contributed by atoms with Gasteiger partial charge in [-0.2, -0.15) is 0 Å². The fourth-order valence-corrected chi connectivity index (χ4v) is 6.67. The van der Waals surface area contributed by atoms with Gasteiger partial charge in [0.05, 0.1) is 19.1 Å². The van der Waals surface area contributed by atoms with E-state index in [1.54, 1.807) is 0 Å². The summed E-state index contributed by atoms with van der Waals surface area (Å²) in [6, 6.07) is 0. The highest BCUT2D eigenvalue weighted by Crippen LogP contribution is 2.40. The molecule has 5 atom stereocenters. The van der Waals surface area contributed by atoms with Crippen LogP contribution in [0.1, 0.15) is 182 Å². The van der Waals surface area contributed by atoms with Gasteiger partial charge in [0.1, 0.15) is 0 Å². The minimum atomic E-state index is -0.0139. The topological polar surface area (TPSA) is 52.6 Å². The maximum absolute atomic E-state index is 13.3. The summed E-state index contributed by atoms with van der Waals surface area (Å²) in [6.45, 7) is 12.3. The Morgan fingerprint density at radius 2 is 1.20 bits per heavy atom. The van der Waals surface area contributed by atoms with Crippen LogP contribution in [0.5, 0.6) is 0 Å². The van der Waals surface area contributed by atoms with E-state index in [-0.39, 0.29) is 17.9 Å². The third-order valence-corrected chi connectivity index (χ3v) is 9.85. The van der Waals surface area contributed by atoms with Crippen LogP contribution in [0.3, 0.4) is 0 Å². The molecular formula is C37H70O4. The Morgan fingerprint density at radius 3 is 1.83 bits per heavy atom. The zero-order chi connectivity index (χ0) is 30.1. The minimum absolute atomic E-state index is 0.0139. The molecule has 0 heterocycles. The number of rotatable bonds is 26. The van der Waals surface area contributed by atoms with Crippen molar-refractivity contribution in [3.05, 3.63) is 0 Å². The lowest BCUT2D eigenvalue weighted by Gasteiger charge is -2.35. The molecule has 1 rings (SSSR count). The summed E-state index contributed by atoms with van der Waals surface area (Å²) in [5.41, 5.74) is 0. The van der Waals surface area contributed by atoms with Crippen LogP contribution in [0, 0.1) is 29.6 Å². The van der Waals surface area contributed by atoms with Crippen LogP contribution >= 0.6 is 0 Å². The Hall–Kier alpha value is -1.06. The third-order valence-electron chi connectivity index (χ3n) is 9.85. The molecule has 1 fully saturated rings. The molecule has 0 aromatic carbocycles. The zero-order valence-corrected chi connectivity index (χ0v) is 28.2. The molecule has 0 saturated heterocycles. The van der Waals surface area contributed by atoms with Crippen molar-refractivity contribution in [2.75, 3.05) is 13.2 Å². The summed E-state index contributed by atoms with van der Waals surface area (Å²) < 4.78 is 11.6. The van der Waals surface area contributed by atoms with Crippen LogP contribution in [0.4, 0.5) is 0 Å². The third kappa shape index (κ3) is 18.3. The molecule has 1 saturated carbocycles. The van der Waals surface area contributed by atoms with E-state index in [4.69, 9.17) is 9.47 Å².